The van der Waals surface area contributed by atoms with E-state index in [1.165, 1.54) is 44.0 Å². The lowest BCUT2D eigenvalue weighted by Crippen LogP contribution is -2.57. The highest BCUT2D eigenvalue weighted by Crippen LogP contribution is 2.24. The number of hydrogen-bond donors (Lipinski definition) is 1. The topological polar surface area (TPSA) is 15.3 Å². The Kier molecular flexibility index (Phi) is 3.97. The lowest BCUT2D eigenvalue weighted by atomic mass is 9.98. The number of piperazine rings is 1. The molecular formula is C12H24N2S. The van der Waals surface area contributed by atoms with Crippen molar-refractivity contribution in [2.45, 2.75) is 32.2 Å². The quantitative estimate of drug-likeness (QED) is 0.776. The van der Waals surface area contributed by atoms with Crippen LogP contribution in [0.2, 0.25) is 0 Å². The maximum Gasteiger partial charge on any atom is 0.0252 e. The maximum absolute atomic E-state index is 3.58. The molecule has 0 saturated carbocycles. The van der Waals surface area contributed by atoms with Gasteiger partial charge in [-0.3, -0.25) is 4.90 Å². The first kappa shape index (κ1) is 11.7. The van der Waals surface area contributed by atoms with Crippen LogP contribution in [0.1, 0.15) is 26.7 Å². The third-order valence-electron chi connectivity index (χ3n) is 3.51. The van der Waals surface area contributed by atoms with Crippen LogP contribution in [-0.2, 0) is 0 Å². The van der Waals surface area contributed by atoms with Crippen LogP contribution in [0, 0.1) is 5.92 Å². The van der Waals surface area contributed by atoms with E-state index in [0.717, 1.165) is 12.5 Å². The van der Waals surface area contributed by atoms with Gasteiger partial charge in [0.25, 0.3) is 0 Å². The molecule has 2 aliphatic rings. The van der Waals surface area contributed by atoms with Crippen LogP contribution < -0.4 is 5.32 Å². The van der Waals surface area contributed by atoms with Gasteiger partial charge in [-0.05, 0) is 44.1 Å². The molecule has 3 heteroatoms. The van der Waals surface area contributed by atoms with Gasteiger partial charge in [0, 0.05) is 31.7 Å². The van der Waals surface area contributed by atoms with Gasteiger partial charge in [-0.15, -0.1) is 0 Å². The van der Waals surface area contributed by atoms with Crippen molar-refractivity contribution in [3.8, 4) is 0 Å². The van der Waals surface area contributed by atoms with E-state index in [0.29, 0.717) is 5.54 Å². The average molecular weight is 228 g/mol. The number of thioether (sulfide) groups is 1. The summed E-state index contributed by atoms with van der Waals surface area (Å²) in [5.74, 6) is 3.75. The molecule has 0 unspecified atom stereocenters. The van der Waals surface area contributed by atoms with Crippen LogP contribution in [0.5, 0.6) is 0 Å². The molecule has 2 heterocycles. The second-order valence-corrected chi connectivity index (χ2v) is 6.83. The van der Waals surface area contributed by atoms with Crippen LogP contribution in [0.3, 0.4) is 0 Å². The zero-order chi connectivity index (χ0) is 10.7. The largest absolute Gasteiger partial charge is 0.309 e. The van der Waals surface area contributed by atoms with Crippen LogP contribution in [0.4, 0.5) is 0 Å². The predicted molar refractivity (Wildman–Crippen MR) is 68.6 cm³/mol. The summed E-state index contributed by atoms with van der Waals surface area (Å²) in [6.45, 7) is 9.59. The Balaban J connectivity index is 1.78. The summed E-state index contributed by atoms with van der Waals surface area (Å²) >= 11 is 2.13. The van der Waals surface area contributed by atoms with Crippen molar-refractivity contribution in [3.63, 3.8) is 0 Å². The lowest BCUT2D eigenvalue weighted by molar-refractivity contribution is 0.132. The number of hydrogen-bond acceptors (Lipinski definition) is 3. The summed E-state index contributed by atoms with van der Waals surface area (Å²) in [6.07, 6.45) is 2.88. The smallest absolute Gasteiger partial charge is 0.0252 e. The molecule has 1 N–H and O–H groups in total. The number of nitrogens with one attached hydrogen (secondary N) is 1. The minimum Gasteiger partial charge on any atom is -0.309 e. The lowest BCUT2D eigenvalue weighted by Gasteiger charge is -2.41. The number of rotatable bonds is 2. The first-order valence-corrected chi connectivity index (χ1v) is 7.36. The Hall–Kier alpha value is 0.270. The van der Waals surface area contributed by atoms with Gasteiger partial charge in [0.05, 0.1) is 0 Å². The summed E-state index contributed by atoms with van der Waals surface area (Å²) in [5.41, 5.74) is 0.321. The van der Waals surface area contributed by atoms with Gasteiger partial charge in [0.2, 0.25) is 0 Å². The molecular weight excluding hydrogens is 204 g/mol. The van der Waals surface area contributed by atoms with Crippen molar-refractivity contribution < 1.29 is 0 Å². The summed E-state index contributed by atoms with van der Waals surface area (Å²) < 4.78 is 0. The van der Waals surface area contributed by atoms with Crippen molar-refractivity contribution in [2.75, 3.05) is 37.7 Å². The first-order chi connectivity index (χ1) is 7.16. The molecule has 2 saturated heterocycles. The molecule has 0 atom stereocenters. The summed E-state index contributed by atoms with van der Waals surface area (Å²) in [6, 6.07) is 0. The molecule has 0 spiro atoms. The molecule has 2 rings (SSSR count). The van der Waals surface area contributed by atoms with E-state index in [1.54, 1.807) is 0 Å². The van der Waals surface area contributed by atoms with E-state index in [1.807, 2.05) is 0 Å². The highest BCUT2D eigenvalue weighted by molar-refractivity contribution is 7.99. The molecule has 0 aliphatic carbocycles. The van der Waals surface area contributed by atoms with E-state index in [-0.39, 0.29) is 0 Å². The van der Waals surface area contributed by atoms with Gasteiger partial charge in [-0.25, -0.2) is 0 Å². The second-order valence-electron chi connectivity index (χ2n) is 5.60. The first-order valence-electron chi connectivity index (χ1n) is 6.21. The zero-order valence-corrected chi connectivity index (χ0v) is 10.9. The van der Waals surface area contributed by atoms with E-state index in [2.05, 4.69) is 35.8 Å². The Bertz CT molecular complexity index is 200. The molecule has 0 aromatic heterocycles. The zero-order valence-electron chi connectivity index (χ0n) is 10.1. The van der Waals surface area contributed by atoms with Gasteiger partial charge in [-0.1, -0.05) is 0 Å². The second kappa shape index (κ2) is 5.07. The van der Waals surface area contributed by atoms with Crippen LogP contribution in [0.25, 0.3) is 0 Å². The molecule has 0 aromatic carbocycles. The van der Waals surface area contributed by atoms with Crippen molar-refractivity contribution in [1.82, 2.24) is 10.2 Å². The Morgan fingerprint density at radius 1 is 1.33 bits per heavy atom. The van der Waals surface area contributed by atoms with Crippen LogP contribution in [-0.4, -0.2) is 48.1 Å². The molecule has 2 fully saturated rings. The molecule has 0 radical (unpaired) electrons. The van der Waals surface area contributed by atoms with Gasteiger partial charge in [0.1, 0.15) is 0 Å². The van der Waals surface area contributed by atoms with E-state index >= 15 is 0 Å². The maximum atomic E-state index is 3.58. The third-order valence-corrected chi connectivity index (χ3v) is 4.56. The minimum absolute atomic E-state index is 0.321. The number of nitrogens with zero attached hydrogens (tertiary/aromatic N) is 1. The van der Waals surface area contributed by atoms with Crippen LogP contribution >= 0.6 is 11.8 Å². The van der Waals surface area contributed by atoms with Crippen molar-refractivity contribution >= 4 is 11.8 Å². The molecule has 0 amide bonds. The molecule has 0 aromatic rings. The van der Waals surface area contributed by atoms with E-state index < -0.39 is 0 Å². The highest BCUT2D eigenvalue weighted by Gasteiger charge is 2.27. The standard InChI is InChI=1S/C12H24N2S/c1-12(2)10-14(6-5-13-12)9-11-3-7-15-8-4-11/h11,13H,3-10H2,1-2H3. The average Bonchev–Trinajstić information content (AvgIpc) is 2.17. The predicted octanol–water partition coefficient (Wildman–Crippen LogP) is 1.81. The molecule has 2 aliphatic heterocycles. The molecule has 0 bridgehead atoms. The normalized spacial score (nSPS) is 29.2. The van der Waals surface area contributed by atoms with Gasteiger partial charge < -0.3 is 5.32 Å². The summed E-state index contributed by atoms with van der Waals surface area (Å²) in [4.78, 5) is 2.66. The third kappa shape index (κ3) is 3.65. The summed E-state index contributed by atoms with van der Waals surface area (Å²) in [5, 5.41) is 3.58. The summed E-state index contributed by atoms with van der Waals surface area (Å²) in [7, 11) is 0. The fraction of sp³-hybridized carbons (Fsp3) is 1.00. The van der Waals surface area contributed by atoms with E-state index in [9.17, 15) is 0 Å². The van der Waals surface area contributed by atoms with Crippen LogP contribution in [0.15, 0.2) is 0 Å². The van der Waals surface area contributed by atoms with Crippen molar-refractivity contribution in [1.29, 1.82) is 0 Å². The Labute approximate surface area is 98.2 Å². The van der Waals surface area contributed by atoms with Gasteiger partial charge >= 0.3 is 0 Å². The highest BCUT2D eigenvalue weighted by atomic mass is 32.2. The monoisotopic (exact) mass is 228 g/mol. The molecule has 88 valence electrons. The molecule has 15 heavy (non-hydrogen) atoms. The minimum atomic E-state index is 0.321. The van der Waals surface area contributed by atoms with Gasteiger partial charge in [-0.2, -0.15) is 11.8 Å². The van der Waals surface area contributed by atoms with Gasteiger partial charge in [0.15, 0.2) is 0 Å². The van der Waals surface area contributed by atoms with E-state index in [4.69, 9.17) is 0 Å². The Morgan fingerprint density at radius 3 is 2.73 bits per heavy atom. The Morgan fingerprint density at radius 2 is 2.07 bits per heavy atom. The fourth-order valence-corrected chi connectivity index (χ4v) is 3.90. The van der Waals surface area contributed by atoms with Crippen molar-refractivity contribution in [2.24, 2.45) is 5.92 Å². The van der Waals surface area contributed by atoms with Crippen molar-refractivity contribution in [3.05, 3.63) is 0 Å². The molecule has 2 nitrogen and oxygen atoms in total. The SMILES string of the molecule is CC1(C)CN(CC2CCSCC2)CCN1. The fourth-order valence-electron chi connectivity index (χ4n) is 2.70.